The molecule has 0 fully saturated rings. The molecule has 3 heterocycles. The van der Waals surface area contributed by atoms with Crippen LogP contribution in [0.25, 0.3) is 5.69 Å². The zero-order valence-electron chi connectivity index (χ0n) is 23.5. The van der Waals surface area contributed by atoms with Crippen LogP contribution in [0, 0.1) is 20.8 Å². The van der Waals surface area contributed by atoms with Crippen molar-refractivity contribution in [1.29, 1.82) is 0 Å². The summed E-state index contributed by atoms with van der Waals surface area (Å²) in [6, 6.07) is 32.7. The normalized spacial score (nSPS) is 16.4. The average molecular weight is 539 g/mol. The first-order valence-electron chi connectivity index (χ1n) is 13.7. The molecule has 4 aromatic carbocycles. The highest BCUT2D eigenvalue weighted by Gasteiger charge is 2.42. The molecule has 0 radical (unpaired) electrons. The number of benzene rings is 4. The summed E-state index contributed by atoms with van der Waals surface area (Å²) in [5.74, 6) is 3.00. The maximum Gasteiger partial charge on any atom is 0.179 e. The minimum Gasteiger partial charge on any atom is -0.496 e. The van der Waals surface area contributed by atoms with Crippen LogP contribution in [0.3, 0.4) is 0 Å². The lowest BCUT2D eigenvalue weighted by molar-refractivity contribution is 0.407. The van der Waals surface area contributed by atoms with E-state index < -0.39 is 0 Å². The minimum absolute atomic E-state index is 0.251. The second-order valence-electron chi connectivity index (χ2n) is 10.4. The van der Waals surface area contributed by atoms with Crippen LogP contribution in [0.5, 0.6) is 5.75 Å². The smallest absolute Gasteiger partial charge is 0.179 e. The Bertz CT molecular complexity index is 1850. The molecule has 0 unspecified atom stereocenters. The second-order valence-corrected chi connectivity index (χ2v) is 10.4. The van der Waals surface area contributed by atoms with Gasteiger partial charge in [0.05, 0.1) is 41.6 Å². The Balaban J connectivity index is 1.55. The number of aliphatic imine (C=N–C) groups is 2. The molecule has 41 heavy (non-hydrogen) atoms. The number of aromatic nitrogens is 2. The summed E-state index contributed by atoms with van der Waals surface area (Å²) in [5.41, 5.74) is 9.10. The standard InChI is InChI=1S/C34H30N6O/c1-21-18-19-26(22(2)20-21)35-32-34-37-33-30(23(3)38-40(33)24-12-6-5-7-13-24)31(25-14-8-11-17-29(25)41-4)39(34)28-16-10-9-15-27(28)36-32/h5-20,31H,1-4H3,(H,35,36)/t31-/m1/s1. The van der Waals surface area contributed by atoms with Crippen LogP contribution in [0.4, 0.5) is 22.9 Å². The maximum absolute atomic E-state index is 5.92. The molecule has 202 valence electrons. The molecule has 0 saturated heterocycles. The van der Waals surface area contributed by atoms with Crippen LogP contribution >= 0.6 is 0 Å². The number of anilines is 2. The number of rotatable bonds is 4. The molecule has 1 aromatic heterocycles. The Morgan fingerprint density at radius 2 is 1.61 bits per heavy atom. The van der Waals surface area contributed by atoms with E-state index in [1.165, 1.54) is 5.56 Å². The van der Waals surface area contributed by atoms with Crippen LogP contribution in [0.1, 0.15) is 34.0 Å². The first-order chi connectivity index (χ1) is 20.0. The second kappa shape index (κ2) is 9.78. The first-order valence-corrected chi connectivity index (χ1v) is 13.7. The van der Waals surface area contributed by atoms with Gasteiger partial charge < -0.3 is 15.0 Å². The van der Waals surface area contributed by atoms with Crippen molar-refractivity contribution in [3.63, 3.8) is 0 Å². The molecule has 2 aliphatic rings. The topological polar surface area (TPSA) is 67.0 Å². The predicted octanol–water partition coefficient (Wildman–Crippen LogP) is 7.60. The van der Waals surface area contributed by atoms with Gasteiger partial charge in [-0.3, -0.25) is 0 Å². The molecule has 7 nitrogen and oxygen atoms in total. The third kappa shape index (κ3) is 4.09. The van der Waals surface area contributed by atoms with E-state index in [0.717, 1.165) is 62.5 Å². The summed E-state index contributed by atoms with van der Waals surface area (Å²) in [4.78, 5) is 12.8. The maximum atomic E-state index is 5.92. The molecule has 2 aliphatic heterocycles. The van der Waals surface area contributed by atoms with Gasteiger partial charge in [-0.2, -0.15) is 5.10 Å². The molecule has 0 aliphatic carbocycles. The highest BCUT2D eigenvalue weighted by molar-refractivity contribution is 6.52. The number of amidine groups is 2. The molecule has 1 atom stereocenters. The number of para-hydroxylation sites is 4. The van der Waals surface area contributed by atoms with Crippen molar-refractivity contribution < 1.29 is 4.74 Å². The van der Waals surface area contributed by atoms with E-state index in [9.17, 15) is 0 Å². The fraction of sp³-hybridized carbons (Fsp3) is 0.147. The number of hydrogen-bond acceptors (Lipinski definition) is 5. The van der Waals surface area contributed by atoms with E-state index in [0.29, 0.717) is 5.84 Å². The number of hydrogen-bond donors (Lipinski definition) is 1. The van der Waals surface area contributed by atoms with Crippen molar-refractivity contribution in [2.75, 3.05) is 17.3 Å². The van der Waals surface area contributed by atoms with Gasteiger partial charge in [0.1, 0.15) is 5.75 Å². The first kappa shape index (κ1) is 24.8. The van der Waals surface area contributed by atoms with E-state index in [2.05, 4.69) is 91.7 Å². The van der Waals surface area contributed by atoms with Crippen LogP contribution < -0.4 is 15.0 Å². The van der Waals surface area contributed by atoms with Crippen molar-refractivity contribution >= 4 is 34.6 Å². The Kier molecular flexibility index (Phi) is 5.93. The average Bonchev–Trinajstić information content (AvgIpc) is 3.33. The van der Waals surface area contributed by atoms with Gasteiger partial charge in [-0.15, -0.1) is 0 Å². The molecule has 1 N–H and O–H groups in total. The van der Waals surface area contributed by atoms with Gasteiger partial charge in [0, 0.05) is 11.1 Å². The van der Waals surface area contributed by atoms with Crippen LogP contribution in [-0.4, -0.2) is 28.6 Å². The molecule has 7 heteroatoms. The third-order valence-corrected chi connectivity index (χ3v) is 7.70. The van der Waals surface area contributed by atoms with E-state index in [1.54, 1.807) is 7.11 Å². The van der Waals surface area contributed by atoms with Gasteiger partial charge in [0.15, 0.2) is 17.5 Å². The number of aryl methyl sites for hydroxylation is 3. The van der Waals surface area contributed by atoms with Gasteiger partial charge in [-0.25, -0.2) is 14.7 Å². The Morgan fingerprint density at radius 3 is 2.41 bits per heavy atom. The SMILES string of the molecule is COc1ccccc1[C@@H]1c2c(C)nn(-c3ccccc3)c2N=C2C(=Nc3ccc(C)cc3C)Nc3ccccc3N21. The number of nitrogens with one attached hydrogen (secondary N) is 1. The van der Waals surface area contributed by atoms with Gasteiger partial charge >= 0.3 is 0 Å². The van der Waals surface area contributed by atoms with Gasteiger partial charge in [0.25, 0.3) is 0 Å². The summed E-state index contributed by atoms with van der Waals surface area (Å²) >= 11 is 0. The molecule has 0 spiro atoms. The van der Waals surface area contributed by atoms with Gasteiger partial charge in [-0.1, -0.05) is 66.2 Å². The Hall–Kier alpha value is -5.17. The fourth-order valence-corrected chi connectivity index (χ4v) is 5.82. The lowest BCUT2D eigenvalue weighted by Crippen LogP contribution is -2.48. The lowest BCUT2D eigenvalue weighted by atomic mass is 9.92. The van der Waals surface area contributed by atoms with Gasteiger partial charge in [0.2, 0.25) is 0 Å². The number of ether oxygens (including phenoxy) is 1. The third-order valence-electron chi connectivity index (χ3n) is 7.70. The van der Waals surface area contributed by atoms with Crippen LogP contribution in [0.2, 0.25) is 0 Å². The highest BCUT2D eigenvalue weighted by Crippen LogP contribution is 2.49. The summed E-state index contributed by atoms with van der Waals surface area (Å²) in [6.45, 7) is 6.24. The lowest BCUT2D eigenvalue weighted by Gasteiger charge is -2.42. The summed E-state index contributed by atoms with van der Waals surface area (Å²) in [5, 5.41) is 8.62. The van der Waals surface area contributed by atoms with Crippen molar-refractivity contribution in [3.8, 4) is 11.4 Å². The fourth-order valence-electron chi connectivity index (χ4n) is 5.82. The zero-order valence-corrected chi connectivity index (χ0v) is 23.5. The monoisotopic (exact) mass is 538 g/mol. The molecule has 7 rings (SSSR count). The van der Waals surface area contributed by atoms with Crippen molar-refractivity contribution in [2.24, 2.45) is 9.98 Å². The van der Waals surface area contributed by atoms with Gasteiger partial charge in [-0.05, 0) is 62.7 Å². The molecule has 0 bridgehead atoms. The zero-order chi connectivity index (χ0) is 28.1. The van der Waals surface area contributed by atoms with E-state index in [4.69, 9.17) is 19.8 Å². The highest BCUT2D eigenvalue weighted by atomic mass is 16.5. The van der Waals surface area contributed by atoms with Crippen molar-refractivity contribution in [2.45, 2.75) is 26.8 Å². The summed E-state index contributed by atoms with van der Waals surface area (Å²) in [7, 11) is 1.72. The Morgan fingerprint density at radius 1 is 0.854 bits per heavy atom. The van der Waals surface area contributed by atoms with E-state index in [1.807, 2.05) is 41.1 Å². The Labute approximate surface area is 239 Å². The van der Waals surface area contributed by atoms with Crippen molar-refractivity contribution in [3.05, 3.63) is 125 Å². The molecular formula is C34H30N6O. The number of fused-ring (bicyclic) bond motifs is 4. The van der Waals surface area contributed by atoms with Crippen LogP contribution in [0.15, 0.2) is 107 Å². The quantitative estimate of drug-likeness (QED) is 0.256. The molecule has 0 amide bonds. The molecular weight excluding hydrogens is 508 g/mol. The predicted molar refractivity (Wildman–Crippen MR) is 166 cm³/mol. The summed E-state index contributed by atoms with van der Waals surface area (Å²) in [6.07, 6.45) is 0. The minimum atomic E-state index is -0.251. The molecule has 5 aromatic rings. The molecule has 0 saturated carbocycles. The summed E-state index contributed by atoms with van der Waals surface area (Å²) < 4.78 is 7.86. The number of nitrogens with zero attached hydrogens (tertiary/aromatic N) is 5. The van der Waals surface area contributed by atoms with Crippen molar-refractivity contribution in [1.82, 2.24) is 9.78 Å². The largest absolute Gasteiger partial charge is 0.496 e. The number of methoxy groups -OCH3 is 1. The van der Waals surface area contributed by atoms with E-state index >= 15 is 0 Å². The van der Waals surface area contributed by atoms with E-state index in [-0.39, 0.29) is 6.04 Å². The van der Waals surface area contributed by atoms with Crippen LogP contribution in [-0.2, 0) is 0 Å².